The van der Waals surface area contributed by atoms with E-state index in [0.717, 1.165) is 51.0 Å². The number of likely N-dealkylation sites (tertiary alicyclic amines) is 1. The molecule has 1 amide bonds. The molecule has 3 N–H and O–H groups in total. The summed E-state index contributed by atoms with van der Waals surface area (Å²) in [5, 5.41) is 3.44. The fourth-order valence-electron chi connectivity index (χ4n) is 2.29. The summed E-state index contributed by atoms with van der Waals surface area (Å²) in [5.41, 5.74) is 6.79. The fourth-order valence-corrected chi connectivity index (χ4v) is 2.29. The van der Waals surface area contributed by atoms with Crippen LogP contribution >= 0.6 is 0 Å². The first-order valence-corrected chi connectivity index (χ1v) is 6.38. The molecule has 0 saturated carbocycles. The number of hydrogen-bond acceptors (Lipinski definition) is 4. The predicted molar refractivity (Wildman–Crippen MR) is 70.7 cm³/mol. The van der Waals surface area contributed by atoms with Gasteiger partial charge in [-0.2, -0.15) is 0 Å². The molecule has 1 aromatic heterocycles. The monoisotopic (exact) mass is 248 g/mol. The lowest BCUT2D eigenvalue weighted by atomic mass is 9.97. The van der Waals surface area contributed by atoms with Crippen LogP contribution in [0.15, 0.2) is 18.3 Å². The van der Waals surface area contributed by atoms with Gasteiger partial charge in [-0.3, -0.25) is 4.79 Å². The smallest absolute Gasteiger partial charge is 0.209 e. The van der Waals surface area contributed by atoms with Gasteiger partial charge < -0.3 is 16.0 Å². The Labute approximate surface area is 107 Å². The van der Waals surface area contributed by atoms with Gasteiger partial charge in [-0.15, -0.1) is 0 Å². The van der Waals surface area contributed by atoms with Crippen molar-refractivity contribution < 1.29 is 4.79 Å². The summed E-state index contributed by atoms with van der Waals surface area (Å²) in [7, 11) is 0. The highest BCUT2D eigenvalue weighted by molar-refractivity contribution is 5.47. The van der Waals surface area contributed by atoms with E-state index in [0.29, 0.717) is 11.7 Å². The van der Waals surface area contributed by atoms with Gasteiger partial charge in [0.15, 0.2) is 0 Å². The third-order valence-corrected chi connectivity index (χ3v) is 3.41. The summed E-state index contributed by atoms with van der Waals surface area (Å²) in [4.78, 5) is 16.4. The quantitative estimate of drug-likeness (QED) is 0.749. The average Bonchev–Trinajstić information content (AvgIpc) is 2.40. The Kier molecular flexibility index (Phi) is 4.52. The van der Waals surface area contributed by atoms with E-state index in [1.54, 1.807) is 6.20 Å². The largest absolute Gasteiger partial charge is 0.384 e. The van der Waals surface area contributed by atoms with Crippen molar-refractivity contribution >= 4 is 12.2 Å². The van der Waals surface area contributed by atoms with Crippen LogP contribution < -0.4 is 11.1 Å². The highest BCUT2D eigenvalue weighted by atomic mass is 16.1. The molecule has 2 rings (SSSR count). The van der Waals surface area contributed by atoms with Gasteiger partial charge in [0.1, 0.15) is 5.82 Å². The number of nitrogens with two attached hydrogens (primary N) is 1. The molecule has 5 nitrogen and oxygen atoms in total. The van der Waals surface area contributed by atoms with Gasteiger partial charge in [0.05, 0.1) is 0 Å². The Morgan fingerprint density at radius 2 is 2.28 bits per heavy atom. The molecule has 1 aliphatic heterocycles. The van der Waals surface area contributed by atoms with Crippen molar-refractivity contribution in [3.05, 3.63) is 23.9 Å². The number of nitrogens with zero attached hydrogens (tertiary/aromatic N) is 2. The second-order valence-electron chi connectivity index (χ2n) is 4.80. The minimum absolute atomic E-state index is 0.564. The molecule has 1 saturated heterocycles. The third-order valence-electron chi connectivity index (χ3n) is 3.41. The van der Waals surface area contributed by atoms with Gasteiger partial charge in [-0.25, -0.2) is 4.98 Å². The minimum Gasteiger partial charge on any atom is -0.384 e. The van der Waals surface area contributed by atoms with Gasteiger partial charge in [-0.05, 0) is 43.0 Å². The summed E-state index contributed by atoms with van der Waals surface area (Å²) in [6.07, 6.45) is 4.85. The minimum atomic E-state index is 0.564. The predicted octanol–water partition coefficient (Wildman–Crippen LogP) is 0.622. The normalized spacial score (nSPS) is 16.8. The molecule has 0 spiro atoms. The number of nitrogens with one attached hydrogen (secondary N) is 1. The second kappa shape index (κ2) is 6.35. The maximum absolute atomic E-state index is 10.6. The van der Waals surface area contributed by atoms with E-state index in [2.05, 4.69) is 10.3 Å². The highest BCUT2D eigenvalue weighted by Crippen LogP contribution is 2.15. The fraction of sp³-hybridized carbons (Fsp3) is 0.538. The summed E-state index contributed by atoms with van der Waals surface area (Å²) < 4.78 is 0. The Hall–Kier alpha value is -1.62. The van der Waals surface area contributed by atoms with E-state index in [1.165, 1.54) is 0 Å². The number of piperidine rings is 1. The zero-order chi connectivity index (χ0) is 12.8. The van der Waals surface area contributed by atoms with E-state index >= 15 is 0 Å². The SMILES string of the molecule is Nc1cc(CNCC2CCN(C=O)CC2)ccn1. The molecule has 98 valence electrons. The Bertz CT molecular complexity index is 388. The van der Waals surface area contributed by atoms with Crippen molar-refractivity contribution in [2.75, 3.05) is 25.4 Å². The van der Waals surface area contributed by atoms with Gasteiger partial charge in [0, 0.05) is 25.8 Å². The molecule has 0 radical (unpaired) electrons. The molecule has 5 heteroatoms. The van der Waals surface area contributed by atoms with Crippen molar-refractivity contribution in [2.24, 2.45) is 5.92 Å². The number of aromatic nitrogens is 1. The van der Waals surface area contributed by atoms with Crippen molar-refractivity contribution in [2.45, 2.75) is 19.4 Å². The summed E-state index contributed by atoms with van der Waals surface area (Å²) >= 11 is 0. The van der Waals surface area contributed by atoms with Gasteiger partial charge in [0.25, 0.3) is 0 Å². The lowest BCUT2D eigenvalue weighted by Crippen LogP contribution is -2.36. The standard InChI is InChI=1S/C13H20N4O/c14-13-7-12(1-4-16-13)9-15-8-11-2-5-17(10-18)6-3-11/h1,4,7,10-11,15H,2-3,5-6,8-9H2,(H2,14,16). The van der Waals surface area contributed by atoms with Crippen LogP contribution in [0.25, 0.3) is 0 Å². The van der Waals surface area contributed by atoms with Gasteiger partial charge >= 0.3 is 0 Å². The molecular weight excluding hydrogens is 228 g/mol. The van der Waals surface area contributed by atoms with Crippen LogP contribution in [0.2, 0.25) is 0 Å². The third kappa shape index (κ3) is 3.70. The van der Waals surface area contributed by atoms with Gasteiger partial charge in [0.2, 0.25) is 6.41 Å². The van der Waals surface area contributed by atoms with Crippen LogP contribution in [-0.2, 0) is 11.3 Å². The number of carbonyl (C=O) groups excluding carboxylic acids is 1. The number of amides is 1. The molecule has 1 aliphatic rings. The Morgan fingerprint density at radius 3 is 2.94 bits per heavy atom. The zero-order valence-electron chi connectivity index (χ0n) is 10.5. The first kappa shape index (κ1) is 12.8. The first-order valence-electron chi connectivity index (χ1n) is 6.38. The number of anilines is 1. The molecule has 0 aliphatic carbocycles. The molecule has 0 aromatic carbocycles. The van der Waals surface area contributed by atoms with Crippen molar-refractivity contribution in [1.29, 1.82) is 0 Å². The maximum Gasteiger partial charge on any atom is 0.209 e. The first-order chi connectivity index (χ1) is 8.78. The summed E-state index contributed by atoms with van der Waals surface area (Å²) in [5.74, 6) is 1.23. The molecular formula is C13H20N4O. The van der Waals surface area contributed by atoms with Crippen LogP contribution in [0, 0.1) is 5.92 Å². The molecule has 1 aromatic rings. The van der Waals surface area contributed by atoms with Gasteiger partial charge in [-0.1, -0.05) is 0 Å². The van der Waals surface area contributed by atoms with E-state index < -0.39 is 0 Å². The number of pyridine rings is 1. The molecule has 1 fully saturated rings. The van der Waals surface area contributed by atoms with Crippen LogP contribution in [0.5, 0.6) is 0 Å². The van der Waals surface area contributed by atoms with E-state index in [9.17, 15) is 4.79 Å². The molecule has 0 atom stereocenters. The summed E-state index contributed by atoms with van der Waals surface area (Å²) in [6.45, 7) is 3.59. The lowest BCUT2D eigenvalue weighted by Gasteiger charge is -2.29. The molecule has 2 heterocycles. The number of carbonyl (C=O) groups is 1. The van der Waals surface area contributed by atoms with Crippen molar-refractivity contribution in [1.82, 2.24) is 15.2 Å². The van der Waals surface area contributed by atoms with Crippen molar-refractivity contribution in [3.63, 3.8) is 0 Å². The summed E-state index contributed by atoms with van der Waals surface area (Å²) in [6, 6.07) is 3.86. The Morgan fingerprint density at radius 1 is 1.50 bits per heavy atom. The van der Waals surface area contributed by atoms with E-state index in [4.69, 9.17) is 5.73 Å². The van der Waals surface area contributed by atoms with Crippen LogP contribution in [0.3, 0.4) is 0 Å². The van der Waals surface area contributed by atoms with E-state index in [-0.39, 0.29) is 0 Å². The number of hydrogen-bond donors (Lipinski definition) is 2. The molecule has 0 bridgehead atoms. The molecule has 0 unspecified atom stereocenters. The molecule has 18 heavy (non-hydrogen) atoms. The van der Waals surface area contributed by atoms with Crippen LogP contribution in [0.1, 0.15) is 18.4 Å². The van der Waals surface area contributed by atoms with Crippen LogP contribution in [-0.4, -0.2) is 35.9 Å². The topological polar surface area (TPSA) is 71.2 Å². The van der Waals surface area contributed by atoms with Crippen LogP contribution in [0.4, 0.5) is 5.82 Å². The van der Waals surface area contributed by atoms with Crippen molar-refractivity contribution in [3.8, 4) is 0 Å². The van der Waals surface area contributed by atoms with E-state index in [1.807, 2.05) is 17.0 Å². The maximum atomic E-state index is 10.6. The zero-order valence-corrected chi connectivity index (χ0v) is 10.5. The Balaban J connectivity index is 1.68. The number of rotatable bonds is 5. The lowest BCUT2D eigenvalue weighted by molar-refractivity contribution is -0.119. The second-order valence-corrected chi connectivity index (χ2v) is 4.80. The number of nitrogen functional groups attached to an aromatic ring is 1. The average molecular weight is 248 g/mol. The highest BCUT2D eigenvalue weighted by Gasteiger charge is 2.17.